The highest BCUT2D eigenvalue weighted by Crippen LogP contribution is 2.65. The zero-order valence-corrected chi connectivity index (χ0v) is 28.2. The summed E-state index contributed by atoms with van der Waals surface area (Å²) in [6.07, 6.45) is 4.78. The number of aliphatic hydroxyl groups is 1. The zero-order valence-electron chi connectivity index (χ0n) is 28.2. The van der Waals surface area contributed by atoms with E-state index in [2.05, 4.69) is 13.2 Å². The maximum absolute atomic E-state index is 15.2. The maximum atomic E-state index is 15.2. The SMILES string of the molecule is C=CCN(Cc1ccccc1)C(=O)[C@H]1[C@H]2C(=O)N([C@H](CO)c3ccccc3)C(C(=O)N(CC=C)c3ccc(OC)cc3)C23CC[C@]1(CC)O3. The van der Waals surface area contributed by atoms with Crippen LogP contribution in [0.3, 0.4) is 0 Å². The first-order valence-corrected chi connectivity index (χ1v) is 17.0. The van der Waals surface area contributed by atoms with Crippen molar-refractivity contribution in [2.75, 3.05) is 31.7 Å². The summed E-state index contributed by atoms with van der Waals surface area (Å²) < 4.78 is 12.4. The van der Waals surface area contributed by atoms with E-state index in [1.165, 1.54) is 4.90 Å². The van der Waals surface area contributed by atoms with Crippen LogP contribution in [0.15, 0.2) is 110 Å². The largest absolute Gasteiger partial charge is 0.497 e. The van der Waals surface area contributed by atoms with Crippen molar-refractivity contribution in [3.63, 3.8) is 0 Å². The lowest BCUT2D eigenvalue weighted by molar-refractivity contribution is -0.154. The van der Waals surface area contributed by atoms with Gasteiger partial charge in [0.1, 0.15) is 17.4 Å². The molecular weight excluding hydrogens is 618 g/mol. The van der Waals surface area contributed by atoms with Crippen LogP contribution in [0.25, 0.3) is 0 Å². The van der Waals surface area contributed by atoms with Gasteiger partial charge in [0.2, 0.25) is 11.8 Å². The van der Waals surface area contributed by atoms with Crippen LogP contribution >= 0.6 is 0 Å². The van der Waals surface area contributed by atoms with E-state index in [0.717, 1.165) is 5.56 Å². The van der Waals surface area contributed by atoms with Crippen LogP contribution in [0, 0.1) is 11.8 Å². The summed E-state index contributed by atoms with van der Waals surface area (Å²) in [6.45, 7) is 10.2. The molecule has 2 unspecified atom stereocenters. The number of likely N-dealkylation sites (tertiary alicyclic amines) is 1. The molecule has 9 nitrogen and oxygen atoms in total. The number of rotatable bonds is 14. The van der Waals surface area contributed by atoms with Crippen molar-refractivity contribution in [1.82, 2.24) is 9.80 Å². The average Bonchev–Trinajstić information content (AvgIpc) is 3.75. The first-order chi connectivity index (χ1) is 23.8. The third-order valence-electron chi connectivity index (χ3n) is 10.7. The van der Waals surface area contributed by atoms with Crippen LogP contribution in [0.2, 0.25) is 0 Å². The summed E-state index contributed by atoms with van der Waals surface area (Å²) >= 11 is 0. The van der Waals surface area contributed by atoms with Gasteiger partial charge in [-0.15, -0.1) is 13.2 Å². The van der Waals surface area contributed by atoms with Gasteiger partial charge < -0.3 is 29.3 Å². The smallest absolute Gasteiger partial charge is 0.253 e. The molecule has 0 aromatic heterocycles. The van der Waals surface area contributed by atoms with E-state index >= 15 is 9.59 Å². The van der Waals surface area contributed by atoms with Crippen molar-refractivity contribution in [3.8, 4) is 5.75 Å². The Morgan fingerprint density at radius 1 is 0.980 bits per heavy atom. The molecule has 6 rings (SSSR count). The molecule has 3 heterocycles. The summed E-state index contributed by atoms with van der Waals surface area (Å²) in [6, 6.07) is 24.1. The third kappa shape index (κ3) is 5.74. The molecule has 6 atom stereocenters. The van der Waals surface area contributed by atoms with Crippen LogP contribution in [0.4, 0.5) is 5.69 Å². The normalized spacial score (nSPS) is 25.8. The topological polar surface area (TPSA) is 99.6 Å². The number of hydrogen-bond donors (Lipinski definition) is 1. The van der Waals surface area contributed by atoms with Crippen molar-refractivity contribution in [2.24, 2.45) is 11.8 Å². The Balaban J connectivity index is 1.48. The molecule has 0 aliphatic carbocycles. The van der Waals surface area contributed by atoms with E-state index in [4.69, 9.17) is 9.47 Å². The lowest BCUT2D eigenvalue weighted by atomic mass is 9.64. The summed E-state index contributed by atoms with van der Waals surface area (Å²) in [7, 11) is 1.58. The maximum Gasteiger partial charge on any atom is 0.253 e. The van der Waals surface area contributed by atoms with Crippen LogP contribution in [0.5, 0.6) is 5.75 Å². The van der Waals surface area contributed by atoms with Gasteiger partial charge in [-0.3, -0.25) is 14.4 Å². The van der Waals surface area contributed by atoms with Crippen molar-refractivity contribution in [1.29, 1.82) is 0 Å². The Labute approximate surface area is 288 Å². The van der Waals surface area contributed by atoms with Crippen LogP contribution in [-0.4, -0.2) is 76.7 Å². The van der Waals surface area contributed by atoms with Crippen LogP contribution in [-0.2, 0) is 25.7 Å². The monoisotopic (exact) mass is 663 g/mol. The highest BCUT2D eigenvalue weighted by molar-refractivity contribution is 6.05. The van der Waals surface area contributed by atoms with E-state index in [0.29, 0.717) is 42.8 Å². The molecule has 256 valence electrons. The molecule has 49 heavy (non-hydrogen) atoms. The second-order valence-corrected chi connectivity index (χ2v) is 13.1. The van der Waals surface area contributed by atoms with E-state index in [1.807, 2.05) is 67.6 Å². The Morgan fingerprint density at radius 3 is 2.22 bits per heavy atom. The Bertz CT molecular complexity index is 1680. The van der Waals surface area contributed by atoms with Crippen LogP contribution < -0.4 is 9.64 Å². The molecule has 3 saturated heterocycles. The van der Waals surface area contributed by atoms with Gasteiger partial charge in [-0.1, -0.05) is 79.7 Å². The molecule has 9 heteroatoms. The number of carbonyl (C=O) groups is 3. The van der Waals surface area contributed by atoms with Gasteiger partial charge in [0.15, 0.2) is 0 Å². The van der Waals surface area contributed by atoms with E-state index < -0.39 is 41.7 Å². The fourth-order valence-electron chi connectivity index (χ4n) is 8.43. The van der Waals surface area contributed by atoms with Crippen molar-refractivity contribution >= 4 is 23.4 Å². The number of benzene rings is 3. The van der Waals surface area contributed by atoms with Gasteiger partial charge in [-0.05, 0) is 54.7 Å². The third-order valence-corrected chi connectivity index (χ3v) is 10.7. The summed E-state index contributed by atoms with van der Waals surface area (Å²) in [5, 5.41) is 10.9. The van der Waals surface area contributed by atoms with E-state index in [1.54, 1.807) is 53.3 Å². The molecule has 0 radical (unpaired) electrons. The number of ether oxygens (including phenoxy) is 2. The highest BCUT2D eigenvalue weighted by Gasteiger charge is 2.79. The molecule has 2 bridgehead atoms. The summed E-state index contributed by atoms with van der Waals surface area (Å²) in [5.41, 5.74) is 0.0306. The van der Waals surface area contributed by atoms with Crippen LogP contribution in [0.1, 0.15) is 43.4 Å². The van der Waals surface area contributed by atoms with Gasteiger partial charge >= 0.3 is 0 Å². The predicted molar refractivity (Wildman–Crippen MR) is 188 cm³/mol. The van der Waals surface area contributed by atoms with Crippen molar-refractivity contribution in [3.05, 3.63) is 121 Å². The van der Waals surface area contributed by atoms with Crippen molar-refractivity contribution < 1.29 is 29.0 Å². The van der Waals surface area contributed by atoms with Gasteiger partial charge in [0, 0.05) is 25.3 Å². The number of fused-ring (bicyclic) bond motifs is 1. The van der Waals surface area contributed by atoms with Gasteiger partial charge in [-0.25, -0.2) is 0 Å². The Hall–Kier alpha value is -4.73. The average molecular weight is 664 g/mol. The molecule has 1 spiro atoms. The molecule has 3 aromatic carbocycles. The summed E-state index contributed by atoms with van der Waals surface area (Å²) in [5.74, 6) is -2.03. The molecule has 3 amide bonds. The quantitative estimate of drug-likeness (QED) is 0.235. The number of anilines is 1. The number of aliphatic hydroxyl groups excluding tert-OH is 1. The number of carbonyl (C=O) groups excluding carboxylic acids is 3. The second kappa shape index (κ2) is 14.0. The molecule has 0 saturated carbocycles. The Morgan fingerprint density at radius 2 is 1.63 bits per heavy atom. The summed E-state index contributed by atoms with van der Waals surface area (Å²) in [4.78, 5) is 50.0. The van der Waals surface area contributed by atoms with E-state index in [-0.39, 0.29) is 30.8 Å². The number of methoxy groups -OCH3 is 1. The first-order valence-electron chi connectivity index (χ1n) is 17.0. The number of hydrogen-bond acceptors (Lipinski definition) is 6. The highest BCUT2D eigenvalue weighted by atomic mass is 16.5. The second-order valence-electron chi connectivity index (χ2n) is 13.1. The van der Waals surface area contributed by atoms with Crippen molar-refractivity contribution in [2.45, 2.75) is 56.0 Å². The predicted octanol–water partition coefficient (Wildman–Crippen LogP) is 5.32. The molecule has 3 fully saturated rings. The minimum atomic E-state index is -1.29. The Kier molecular flexibility index (Phi) is 9.77. The number of amides is 3. The lowest BCUT2D eigenvalue weighted by Gasteiger charge is -2.39. The van der Waals surface area contributed by atoms with Gasteiger partial charge in [0.05, 0.1) is 37.2 Å². The molecule has 1 N–H and O–H groups in total. The fraction of sp³-hybridized carbons (Fsp3) is 0.375. The lowest BCUT2D eigenvalue weighted by Crippen LogP contribution is -2.57. The van der Waals surface area contributed by atoms with E-state index in [9.17, 15) is 9.90 Å². The minimum Gasteiger partial charge on any atom is -0.497 e. The standard InChI is InChI=1S/C40H45N3O6/c1-5-24-41(26-28-14-10-8-11-15-28)36(45)33-34-37(46)43(32(27-44)29-16-12-9-13-17-29)35(40(34)23-22-39(33,7-3)49-40)38(47)42(25-6-2)30-18-20-31(48-4)21-19-30/h5-6,8-21,32-35,44H,1-2,7,22-27H2,3-4H3/t32-,33-,34+,35?,39+,40?/m1/s1. The minimum absolute atomic E-state index is 0.172. The fourth-order valence-corrected chi connectivity index (χ4v) is 8.43. The number of nitrogens with zero attached hydrogens (tertiary/aromatic N) is 3. The zero-order chi connectivity index (χ0) is 34.8. The molecular formula is C40H45N3O6. The van der Waals surface area contributed by atoms with Gasteiger partial charge in [0.25, 0.3) is 5.91 Å². The molecule has 3 aromatic rings. The molecule has 3 aliphatic heterocycles. The first kappa shape index (κ1) is 34.1. The molecule has 3 aliphatic rings. The van der Waals surface area contributed by atoms with Gasteiger partial charge in [-0.2, -0.15) is 0 Å².